The van der Waals surface area contributed by atoms with Crippen molar-refractivity contribution in [2.75, 3.05) is 24.5 Å². The van der Waals surface area contributed by atoms with Gasteiger partial charge in [-0.3, -0.25) is 0 Å². The molecule has 1 aromatic carbocycles. The molecule has 20 heavy (non-hydrogen) atoms. The van der Waals surface area contributed by atoms with Gasteiger partial charge in [-0.1, -0.05) is 35.8 Å². The first-order valence-electron chi connectivity index (χ1n) is 7.94. The van der Waals surface area contributed by atoms with Gasteiger partial charge < -0.3 is 10.2 Å². The molecule has 1 fully saturated rings. The number of nitrogens with zero attached hydrogens (tertiary/aromatic N) is 1. The highest BCUT2D eigenvalue weighted by atomic mass is 79.9. The number of rotatable bonds is 5. The number of anilines is 1. The van der Waals surface area contributed by atoms with E-state index >= 15 is 0 Å². The molecule has 0 aliphatic carbocycles. The van der Waals surface area contributed by atoms with Crippen LogP contribution in [-0.4, -0.2) is 19.6 Å². The average molecular weight is 339 g/mol. The summed E-state index contributed by atoms with van der Waals surface area (Å²) in [6, 6.07) is 6.71. The van der Waals surface area contributed by atoms with E-state index in [0.717, 1.165) is 19.0 Å². The van der Waals surface area contributed by atoms with Crippen LogP contribution in [0, 0.1) is 5.92 Å². The number of hydrogen-bond donors (Lipinski definition) is 1. The average Bonchev–Trinajstić information content (AvgIpc) is 2.65. The smallest absolute Gasteiger partial charge is 0.0423 e. The normalized spacial score (nSPS) is 19.9. The van der Waals surface area contributed by atoms with Gasteiger partial charge in [0.25, 0.3) is 0 Å². The molecule has 0 saturated carbocycles. The first-order valence-corrected chi connectivity index (χ1v) is 8.74. The molecule has 0 amide bonds. The summed E-state index contributed by atoms with van der Waals surface area (Å²) in [6.45, 7) is 9.05. The lowest BCUT2D eigenvalue weighted by atomic mass is 10.0. The fourth-order valence-corrected chi connectivity index (χ4v) is 3.23. The molecule has 1 atom stereocenters. The van der Waals surface area contributed by atoms with Crippen LogP contribution in [0.1, 0.15) is 45.1 Å². The number of hydrogen-bond acceptors (Lipinski definition) is 2. The fraction of sp³-hybridized carbons (Fsp3) is 0.647. The molecule has 0 bridgehead atoms. The number of nitrogens with one attached hydrogen (secondary N) is 1. The predicted octanol–water partition coefficient (Wildman–Crippen LogP) is 4.58. The molecule has 0 aromatic heterocycles. The van der Waals surface area contributed by atoms with Crippen LogP contribution in [0.4, 0.5) is 5.69 Å². The van der Waals surface area contributed by atoms with Crippen LogP contribution in [0.5, 0.6) is 0 Å². The minimum absolute atomic E-state index is 0.869. The topological polar surface area (TPSA) is 15.3 Å². The van der Waals surface area contributed by atoms with Crippen molar-refractivity contribution >= 4 is 21.6 Å². The number of benzene rings is 1. The zero-order valence-electron chi connectivity index (χ0n) is 12.8. The van der Waals surface area contributed by atoms with Crippen LogP contribution in [0.15, 0.2) is 22.7 Å². The van der Waals surface area contributed by atoms with Gasteiger partial charge in [0.05, 0.1) is 0 Å². The van der Waals surface area contributed by atoms with Gasteiger partial charge in [0, 0.05) is 29.8 Å². The first kappa shape index (κ1) is 15.8. The standard InChI is InChI=1S/C17H27BrN2/c1-3-9-19-13-15-6-7-16(18)12-17(15)20-10-4-5-14(2)8-11-20/h6-7,12,14,19H,3-5,8-11,13H2,1-2H3. The fourth-order valence-electron chi connectivity index (χ4n) is 2.88. The second-order valence-corrected chi connectivity index (χ2v) is 6.89. The molecule has 1 N–H and O–H groups in total. The molecule has 112 valence electrons. The maximum atomic E-state index is 3.63. The third kappa shape index (κ3) is 4.49. The summed E-state index contributed by atoms with van der Waals surface area (Å²) in [5.74, 6) is 0.869. The van der Waals surface area contributed by atoms with Gasteiger partial charge in [0.2, 0.25) is 0 Å². The molecule has 1 aromatic rings. The summed E-state index contributed by atoms with van der Waals surface area (Å²) in [5.41, 5.74) is 2.84. The van der Waals surface area contributed by atoms with Crippen LogP contribution in [0.3, 0.4) is 0 Å². The van der Waals surface area contributed by atoms with Crippen molar-refractivity contribution in [1.82, 2.24) is 5.32 Å². The van der Waals surface area contributed by atoms with Gasteiger partial charge in [0.1, 0.15) is 0 Å². The summed E-state index contributed by atoms with van der Waals surface area (Å²) in [6.07, 6.45) is 5.19. The minimum Gasteiger partial charge on any atom is -0.371 e. The Morgan fingerprint density at radius 2 is 2.15 bits per heavy atom. The maximum absolute atomic E-state index is 3.63. The monoisotopic (exact) mass is 338 g/mol. The van der Waals surface area contributed by atoms with Gasteiger partial charge in [-0.2, -0.15) is 0 Å². The van der Waals surface area contributed by atoms with Crippen LogP contribution in [0.2, 0.25) is 0 Å². The van der Waals surface area contributed by atoms with E-state index in [1.54, 1.807) is 0 Å². The molecule has 1 heterocycles. The molecular formula is C17H27BrN2. The van der Waals surface area contributed by atoms with E-state index in [1.807, 2.05) is 0 Å². The van der Waals surface area contributed by atoms with E-state index in [-0.39, 0.29) is 0 Å². The minimum atomic E-state index is 0.869. The Morgan fingerprint density at radius 3 is 2.95 bits per heavy atom. The molecule has 1 saturated heterocycles. The summed E-state index contributed by atoms with van der Waals surface area (Å²) in [7, 11) is 0. The van der Waals surface area contributed by atoms with Gasteiger partial charge in [0.15, 0.2) is 0 Å². The van der Waals surface area contributed by atoms with Crippen molar-refractivity contribution in [1.29, 1.82) is 0 Å². The zero-order chi connectivity index (χ0) is 14.4. The van der Waals surface area contributed by atoms with E-state index in [0.29, 0.717) is 0 Å². The van der Waals surface area contributed by atoms with Gasteiger partial charge in [-0.15, -0.1) is 0 Å². The van der Waals surface area contributed by atoms with E-state index in [9.17, 15) is 0 Å². The van der Waals surface area contributed by atoms with E-state index in [2.05, 4.69) is 58.2 Å². The van der Waals surface area contributed by atoms with Crippen molar-refractivity contribution in [3.63, 3.8) is 0 Å². The Labute approximate surface area is 132 Å². The molecule has 2 rings (SSSR count). The van der Waals surface area contributed by atoms with E-state index < -0.39 is 0 Å². The van der Waals surface area contributed by atoms with E-state index in [1.165, 1.54) is 54.5 Å². The van der Waals surface area contributed by atoms with Gasteiger partial charge in [-0.25, -0.2) is 0 Å². The SMILES string of the molecule is CCCNCc1ccc(Br)cc1N1CCCC(C)CC1. The Kier molecular flexibility index (Phi) is 6.37. The molecule has 0 spiro atoms. The molecule has 0 radical (unpaired) electrons. The summed E-state index contributed by atoms with van der Waals surface area (Å²) < 4.78 is 1.18. The highest BCUT2D eigenvalue weighted by molar-refractivity contribution is 9.10. The molecular weight excluding hydrogens is 312 g/mol. The molecule has 1 aliphatic rings. The summed E-state index contributed by atoms with van der Waals surface area (Å²) >= 11 is 3.63. The third-order valence-corrected chi connectivity index (χ3v) is 4.64. The second kappa shape index (κ2) is 8.04. The largest absolute Gasteiger partial charge is 0.371 e. The molecule has 3 heteroatoms. The third-order valence-electron chi connectivity index (χ3n) is 4.15. The van der Waals surface area contributed by atoms with Crippen LogP contribution < -0.4 is 10.2 Å². The van der Waals surface area contributed by atoms with Crippen molar-refractivity contribution in [2.24, 2.45) is 5.92 Å². The maximum Gasteiger partial charge on any atom is 0.0423 e. The summed E-state index contributed by atoms with van der Waals surface area (Å²) in [4.78, 5) is 2.58. The lowest BCUT2D eigenvalue weighted by Crippen LogP contribution is -2.26. The first-order chi connectivity index (χ1) is 9.70. The van der Waals surface area contributed by atoms with Crippen molar-refractivity contribution in [2.45, 2.75) is 46.1 Å². The zero-order valence-corrected chi connectivity index (χ0v) is 14.4. The Hall–Kier alpha value is -0.540. The van der Waals surface area contributed by atoms with E-state index in [4.69, 9.17) is 0 Å². The van der Waals surface area contributed by atoms with Crippen molar-refractivity contribution in [3.8, 4) is 0 Å². The number of halogens is 1. The highest BCUT2D eigenvalue weighted by Gasteiger charge is 2.16. The summed E-state index contributed by atoms with van der Waals surface area (Å²) in [5, 5.41) is 3.53. The van der Waals surface area contributed by atoms with Crippen molar-refractivity contribution < 1.29 is 0 Å². The lowest BCUT2D eigenvalue weighted by molar-refractivity contribution is 0.521. The van der Waals surface area contributed by atoms with Crippen molar-refractivity contribution in [3.05, 3.63) is 28.2 Å². The second-order valence-electron chi connectivity index (χ2n) is 5.97. The quantitative estimate of drug-likeness (QED) is 0.790. The predicted molar refractivity (Wildman–Crippen MR) is 91.4 cm³/mol. The van der Waals surface area contributed by atoms with Gasteiger partial charge >= 0.3 is 0 Å². The Morgan fingerprint density at radius 1 is 1.30 bits per heavy atom. The van der Waals surface area contributed by atoms with Gasteiger partial charge in [-0.05, 0) is 55.8 Å². The Bertz CT molecular complexity index is 419. The molecule has 2 nitrogen and oxygen atoms in total. The molecule has 1 aliphatic heterocycles. The Balaban J connectivity index is 2.13. The lowest BCUT2D eigenvalue weighted by Gasteiger charge is -2.26. The van der Waals surface area contributed by atoms with Crippen LogP contribution in [0.25, 0.3) is 0 Å². The molecule has 1 unspecified atom stereocenters. The van der Waals surface area contributed by atoms with Crippen LogP contribution in [-0.2, 0) is 6.54 Å². The van der Waals surface area contributed by atoms with Crippen LogP contribution >= 0.6 is 15.9 Å². The highest BCUT2D eigenvalue weighted by Crippen LogP contribution is 2.28.